The molecule has 6 aromatic carbocycles. The molecule has 3 heterocycles. The Kier molecular flexibility index (Phi) is 26.7. The van der Waals surface area contributed by atoms with Gasteiger partial charge in [0.25, 0.3) is 0 Å². The summed E-state index contributed by atoms with van der Waals surface area (Å²) in [6.07, 6.45) is 8.11. The average molecular weight is 1270 g/mol. The summed E-state index contributed by atoms with van der Waals surface area (Å²) >= 11 is 0. The Morgan fingerprint density at radius 1 is 0.473 bits per heavy atom. The highest BCUT2D eigenvalue weighted by atomic mass is 19.4. The van der Waals surface area contributed by atoms with E-state index in [1.165, 1.54) is 66.1 Å². The predicted octanol–water partition coefficient (Wildman–Crippen LogP) is 14.4. The molecular weight excluding hydrogens is 1190 g/mol. The summed E-state index contributed by atoms with van der Waals surface area (Å²) in [7, 11) is 0. The molecule has 490 valence electrons. The second kappa shape index (κ2) is 35.4. The maximum Gasteiger partial charge on any atom is 0.416 e. The molecule has 4 amide bonds. The summed E-state index contributed by atoms with van der Waals surface area (Å²) in [4.78, 5) is 70.1. The fraction of sp³-hybridized carbons (Fsp3) is 0.355. The van der Waals surface area contributed by atoms with Crippen LogP contribution >= 0.6 is 0 Å². The highest BCUT2D eigenvalue weighted by molar-refractivity contribution is 5.97. The first-order chi connectivity index (χ1) is 44.9. The Morgan fingerprint density at radius 2 is 0.871 bits per heavy atom. The summed E-state index contributed by atoms with van der Waals surface area (Å²) in [6.45, 7) is 10.4. The molecule has 2 atom stereocenters. The maximum atomic E-state index is 14.5. The molecule has 0 aliphatic carbocycles. The van der Waals surface area contributed by atoms with Gasteiger partial charge < -0.3 is 24.9 Å². The number of piperazine rings is 2. The predicted molar refractivity (Wildman–Crippen MR) is 355 cm³/mol. The topological polar surface area (TPSA) is 109 Å². The van der Waals surface area contributed by atoms with Gasteiger partial charge in [-0.3, -0.25) is 29.1 Å². The van der Waals surface area contributed by atoms with E-state index in [1.54, 1.807) is 20.9 Å². The number of carbonyl (C=O) groups excluding carboxylic acids is 4. The van der Waals surface area contributed by atoms with Crippen LogP contribution in [0.15, 0.2) is 194 Å². The van der Waals surface area contributed by atoms with Crippen LogP contribution in [0.3, 0.4) is 0 Å². The summed E-state index contributed by atoms with van der Waals surface area (Å²) in [5.74, 6) is -1.01. The molecule has 0 radical (unpaired) electrons. The highest BCUT2D eigenvalue weighted by Crippen LogP contribution is 2.31. The van der Waals surface area contributed by atoms with Crippen LogP contribution in [0.1, 0.15) is 114 Å². The van der Waals surface area contributed by atoms with Gasteiger partial charge in [0.15, 0.2) is 0 Å². The zero-order valence-corrected chi connectivity index (χ0v) is 53.2. The van der Waals surface area contributed by atoms with Gasteiger partial charge in [-0.25, -0.2) is 0 Å². The van der Waals surface area contributed by atoms with Crippen molar-refractivity contribution in [1.82, 2.24) is 34.8 Å². The lowest BCUT2D eigenvalue weighted by atomic mass is 10.0. The van der Waals surface area contributed by atoms with E-state index >= 15 is 0 Å². The number of nitrogens with one attached hydrogen (secondary N) is 1. The van der Waals surface area contributed by atoms with Crippen molar-refractivity contribution in [2.75, 3.05) is 52.4 Å². The van der Waals surface area contributed by atoms with Crippen LogP contribution in [0, 0.1) is 0 Å². The zero-order valence-electron chi connectivity index (χ0n) is 53.2. The van der Waals surface area contributed by atoms with Crippen LogP contribution < -0.4 is 5.32 Å². The molecular formula is C76H85F6N7O4. The first-order valence-corrected chi connectivity index (χ1v) is 32.4. The molecule has 17 heteroatoms. The Hall–Kier alpha value is -8.67. The average Bonchev–Trinajstić information content (AvgIpc) is 1.03. The van der Waals surface area contributed by atoms with Gasteiger partial charge in [0.2, 0.25) is 23.6 Å². The standard InChI is InChI=1S/C41H45F3N4O2.C35H40F3N3O2/c1-2-3-5-10-32-14-16-35(17-15-32)30-48(39(49)23-20-33-18-21-36(22-19-33)41(42,43)44)38(29-34-11-6-4-7-12-34)40(50)47-27-25-46(26-28-47)31-37-13-8-9-24-45-37;1-2-3-5-8-27-11-13-30(14-12-27)26-41(33(42)20-17-28-15-18-31(19-16-28)35(36,37)38)32(25-29-9-6-4-7-10-29)34(43)40-23-21-39-22-24-40/h4,6-9,11-24,38H,2-3,5,10,25-31H2,1H3;4,6-7,9-20,32,39H,2-3,5,8,21-26H2,1H3/b23-20+;20-17+/t38-;32-/m00/s1. The van der Waals surface area contributed by atoms with Gasteiger partial charge in [0.1, 0.15) is 12.1 Å². The molecule has 2 saturated heterocycles. The van der Waals surface area contributed by atoms with Gasteiger partial charge in [-0.15, -0.1) is 0 Å². The molecule has 7 aromatic rings. The third kappa shape index (κ3) is 22.3. The molecule has 93 heavy (non-hydrogen) atoms. The van der Waals surface area contributed by atoms with Crippen molar-refractivity contribution >= 4 is 35.8 Å². The van der Waals surface area contributed by atoms with Crippen LogP contribution in [0.5, 0.6) is 0 Å². The van der Waals surface area contributed by atoms with Crippen LogP contribution in [-0.2, 0) is 76.8 Å². The molecule has 0 spiro atoms. The SMILES string of the molecule is CCCCCc1ccc(CN(C(=O)/C=C/c2ccc(C(F)(F)F)cc2)[C@@H](Cc2ccccc2)C(=O)N2CCN(Cc3ccccn3)CC2)cc1.CCCCCc1ccc(CN(C(=O)/C=C/c2ccc(C(F)(F)F)cc2)[C@@H](Cc2ccccc2)C(=O)N2CCNCC2)cc1. The van der Waals surface area contributed by atoms with E-state index in [0.717, 1.165) is 97.2 Å². The molecule has 11 nitrogen and oxygen atoms in total. The Bertz CT molecular complexity index is 3460. The van der Waals surface area contributed by atoms with Gasteiger partial charge in [-0.2, -0.15) is 26.3 Å². The van der Waals surface area contributed by atoms with E-state index in [1.807, 2.05) is 108 Å². The number of rotatable bonds is 26. The van der Waals surface area contributed by atoms with E-state index in [2.05, 4.69) is 53.3 Å². The molecule has 0 saturated carbocycles. The quantitative estimate of drug-likeness (QED) is 0.0327. The molecule has 1 aromatic heterocycles. The van der Waals surface area contributed by atoms with Gasteiger partial charge in [0, 0.05) is 103 Å². The van der Waals surface area contributed by atoms with Crippen molar-refractivity contribution < 1.29 is 45.5 Å². The number of hydrogen-bond acceptors (Lipinski definition) is 7. The second-order valence-corrected chi connectivity index (χ2v) is 23.8. The van der Waals surface area contributed by atoms with Gasteiger partial charge >= 0.3 is 12.4 Å². The zero-order chi connectivity index (χ0) is 66.0. The van der Waals surface area contributed by atoms with E-state index in [-0.39, 0.29) is 36.7 Å². The molecule has 2 aliphatic heterocycles. The maximum absolute atomic E-state index is 14.5. The summed E-state index contributed by atoms with van der Waals surface area (Å²) in [6, 6.07) is 49.3. The summed E-state index contributed by atoms with van der Waals surface area (Å²) in [5.41, 5.74) is 6.51. The first kappa shape index (κ1) is 70.2. The Morgan fingerprint density at radius 3 is 1.26 bits per heavy atom. The normalized spacial score (nSPS) is 14.5. The van der Waals surface area contributed by atoms with Crippen LogP contribution in [-0.4, -0.2) is 118 Å². The number of benzene rings is 6. The number of amides is 4. The van der Waals surface area contributed by atoms with Gasteiger partial charge in [0.05, 0.1) is 16.8 Å². The van der Waals surface area contributed by atoms with Crippen LogP contribution in [0.2, 0.25) is 0 Å². The molecule has 2 aliphatic rings. The van der Waals surface area contributed by atoms with E-state index in [9.17, 15) is 45.5 Å². The number of halogens is 6. The largest absolute Gasteiger partial charge is 0.416 e. The number of aromatic nitrogens is 1. The summed E-state index contributed by atoms with van der Waals surface area (Å²) in [5, 5.41) is 3.27. The Balaban J connectivity index is 0.000000242. The molecule has 0 unspecified atom stereocenters. The van der Waals surface area contributed by atoms with E-state index < -0.39 is 35.6 Å². The molecule has 0 bridgehead atoms. The lowest BCUT2D eigenvalue weighted by Gasteiger charge is -2.39. The minimum atomic E-state index is -4.45. The molecule has 1 N–H and O–H groups in total. The number of hydrogen-bond donors (Lipinski definition) is 1. The Labute approximate surface area is 543 Å². The monoisotopic (exact) mass is 1270 g/mol. The number of nitrogens with zero attached hydrogens (tertiary/aromatic N) is 6. The second-order valence-electron chi connectivity index (χ2n) is 23.8. The fourth-order valence-corrected chi connectivity index (χ4v) is 11.4. The van der Waals surface area contributed by atoms with Crippen molar-refractivity contribution in [3.63, 3.8) is 0 Å². The van der Waals surface area contributed by atoms with Crippen molar-refractivity contribution in [2.24, 2.45) is 0 Å². The van der Waals surface area contributed by atoms with Gasteiger partial charge in [-0.05, 0) is 119 Å². The van der Waals surface area contributed by atoms with Crippen LogP contribution in [0.25, 0.3) is 12.2 Å². The van der Waals surface area contributed by atoms with Crippen LogP contribution in [0.4, 0.5) is 26.3 Å². The minimum Gasteiger partial charge on any atom is -0.338 e. The third-order valence-electron chi connectivity index (χ3n) is 16.9. The van der Waals surface area contributed by atoms with Crippen molar-refractivity contribution in [1.29, 1.82) is 0 Å². The number of unbranched alkanes of at least 4 members (excludes halogenated alkanes) is 4. The van der Waals surface area contributed by atoms with E-state index in [0.29, 0.717) is 82.9 Å². The number of carbonyl (C=O) groups is 4. The lowest BCUT2D eigenvalue weighted by molar-refractivity contribution is -0.145. The molecule has 9 rings (SSSR count). The fourth-order valence-electron chi connectivity index (χ4n) is 11.4. The third-order valence-corrected chi connectivity index (χ3v) is 16.9. The first-order valence-electron chi connectivity index (χ1n) is 32.4. The van der Waals surface area contributed by atoms with Crippen molar-refractivity contribution in [2.45, 2.75) is 122 Å². The molecule has 2 fully saturated rings. The highest BCUT2D eigenvalue weighted by Gasteiger charge is 2.36. The number of pyridine rings is 1. The minimum absolute atomic E-state index is 0.113. The van der Waals surface area contributed by atoms with E-state index in [4.69, 9.17) is 0 Å². The van der Waals surface area contributed by atoms with Crippen molar-refractivity contribution in [3.8, 4) is 0 Å². The summed E-state index contributed by atoms with van der Waals surface area (Å²) < 4.78 is 78.5. The lowest BCUT2D eigenvalue weighted by Crippen LogP contribution is -2.56. The number of alkyl halides is 6. The smallest absolute Gasteiger partial charge is 0.338 e. The van der Waals surface area contributed by atoms with Gasteiger partial charge in [-0.1, -0.05) is 179 Å². The number of aryl methyl sites for hydroxylation is 2. The van der Waals surface area contributed by atoms with Crippen molar-refractivity contribution in [3.05, 3.63) is 256 Å².